The number of rotatable bonds is 5. The molecule has 13 heteroatoms. The standard InChI is InChI=1S/C18H17F3N6O4/c19-18(20,21)10-3-1-9(2-4-10)5-25-26-15-12-16(23-7-22-15)27(8-24-12)17-14(30)13(29)11(6-28)31-17/h1-5,7-8,11,13-14,17,28-30H,6H2,(H,22,23,26)/b25-5+. The van der Waals surface area contributed by atoms with Crippen LogP contribution in [0.25, 0.3) is 11.2 Å². The molecule has 4 unspecified atom stereocenters. The Morgan fingerprint density at radius 2 is 1.87 bits per heavy atom. The van der Waals surface area contributed by atoms with Crippen LogP contribution in [0.1, 0.15) is 17.4 Å². The molecular formula is C18H17F3N6O4. The second-order valence-corrected chi connectivity index (χ2v) is 6.76. The lowest BCUT2D eigenvalue weighted by Gasteiger charge is -2.16. The molecule has 0 radical (unpaired) electrons. The van der Waals surface area contributed by atoms with E-state index in [-0.39, 0.29) is 17.0 Å². The fourth-order valence-electron chi connectivity index (χ4n) is 3.16. The summed E-state index contributed by atoms with van der Waals surface area (Å²) < 4.78 is 44.7. The highest BCUT2D eigenvalue weighted by molar-refractivity contribution is 5.84. The summed E-state index contributed by atoms with van der Waals surface area (Å²) in [5.74, 6) is 0.207. The molecule has 2 aromatic heterocycles. The number of hydrogen-bond donors (Lipinski definition) is 4. The quantitative estimate of drug-likeness (QED) is 0.341. The zero-order valence-electron chi connectivity index (χ0n) is 15.7. The Hall–Kier alpha value is -3.13. The molecule has 0 aliphatic carbocycles. The van der Waals surface area contributed by atoms with Gasteiger partial charge in [-0.2, -0.15) is 18.3 Å². The lowest BCUT2D eigenvalue weighted by molar-refractivity contribution is -0.137. The van der Waals surface area contributed by atoms with Crippen LogP contribution in [-0.4, -0.2) is 66.0 Å². The molecule has 31 heavy (non-hydrogen) atoms. The predicted octanol–water partition coefficient (Wildman–Crippen LogP) is 0.903. The molecule has 4 atom stereocenters. The summed E-state index contributed by atoms with van der Waals surface area (Å²) in [6, 6.07) is 4.46. The van der Waals surface area contributed by atoms with Crippen LogP contribution in [0.2, 0.25) is 0 Å². The molecule has 10 nitrogen and oxygen atoms in total. The van der Waals surface area contributed by atoms with Gasteiger partial charge in [0, 0.05) is 0 Å². The maximum atomic E-state index is 12.6. The zero-order chi connectivity index (χ0) is 22.2. The van der Waals surface area contributed by atoms with Crippen molar-refractivity contribution in [1.29, 1.82) is 0 Å². The van der Waals surface area contributed by atoms with Crippen molar-refractivity contribution < 1.29 is 33.2 Å². The van der Waals surface area contributed by atoms with E-state index < -0.39 is 42.9 Å². The van der Waals surface area contributed by atoms with Crippen molar-refractivity contribution in [3.8, 4) is 0 Å². The van der Waals surface area contributed by atoms with E-state index in [4.69, 9.17) is 4.74 Å². The van der Waals surface area contributed by atoms with Crippen LogP contribution in [0.5, 0.6) is 0 Å². The number of benzene rings is 1. The molecule has 164 valence electrons. The summed E-state index contributed by atoms with van der Waals surface area (Å²) in [6.07, 6.45) is -5.10. The number of alkyl halides is 3. The Labute approximate surface area is 172 Å². The van der Waals surface area contributed by atoms with Gasteiger partial charge in [-0.1, -0.05) is 12.1 Å². The fourth-order valence-corrected chi connectivity index (χ4v) is 3.16. The first-order valence-corrected chi connectivity index (χ1v) is 9.06. The Kier molecular flexibility index (Phi) is 5.58. The van der Waals surface area contributed by atoms with Crippen LogP contribution in [-0.2, 0) is 10.9 Å². The number of aliphatic hydroxyl groups is 3. The normalized spacial score (nSPS) is 24.3. The molecule has 0 spiro atoms. The van der Waals surface area contributed by atoms with E-state index >= 15 is 0 Å². The third-order valence-electron chi connectivity index (χ3n) is 4.77. The van der Waals surface area contributed by atoms with Gasteiger partial charge in [-0.05, 0) is 17.7 Å². The van der Waals surface area contributed by atoms with Crippen molar-refractivity contribution >= 4 is 23.2 Å². The molecule has 0 bridgehead atoms. The minimum Gasteiger partial charge on any atom is -0.394 e. The molecule has 1 aromatic carbocycles. The van der Waals surface area contributed by atoms with Gasteiger partial charge in [0.2, 0.25) is 0 Å². The van der Waals surface area contributed by atoms with Crippen LogP contribution in [0.3, 0.4) is 0 Å². The highest BCUT2D eigenvalue weighted by atomic mass is 19.4. The van der Waals surface area contributed by atoms with Crippen molar-refractivity contribution in [3.63, 3.8) is 0 Å². The maximum Gasteiger partial charge on any atom is 0.416 e. The van der Waals surface area contributed by atoms with Crippen LogP contribution in [0, 0.1) is 0 Å². The van der Waals surface area contributed by atoms with Gasteiger partial charge in [-0.15, -0.1) is 0 Å². The zero-order valence-corrected chi connectivity index (χ0v) is 15.7. The summed E-state index contributed by atoms with van der Waals surface area (Å²) in [5, 5.41) is 33.4. The molecule has 4 rings (SSSR count). The molecule has 3 aromatic rings. The summed E-state index contributed by atoms with van der Waals surface area (Å²) in [4.78, 5) is 12.3. The van der Waals surface area contributed by atoms with Gasteiger partial charge in [-0.3, -0.25) is 9.99 Å². The van der Waals surface area contributed by atoms with E-state index in [1.165, 1.54) is 35.6 Å². The first kappa shape index (κ1) is 21.1. The highest BCUT2D eigenvalue weighted by Crippen LogP contribution is 2.32. The summed E-state index contributed by atoms with van der Waals surface area (Å²) in [7, 11) is 0. The van der Waals surface area contributed by atoms with Crippen LogP contribution in [0.4, 0.5) is 19.0 Å². The number of fused-ring (bicyclic) bond motifs is 1. The molecule has 1 saturated heterocycles. The molecule has 1 aliphatic heterocycles. The van der Waals surface area contributed by atoms with Gasteiger partial charge >= 0.3 is 6.18 Å². The van der Waals surface area contributed by atoms with Gasteiger partial charge < -0.3 is 20.1 Å². The summed E-state index contributed by atoms with van der Waals surface area (Å²) in [6.45, 7) is -0.470. The third-order valence-corrected chi connectivity index (χ3v) is 4.77. The number of aliphatic hydroxyl groups excluding tert-OH is 3. The van der Waals surface area contributed by atoms with Gasteiger partial charge in [0.15, 0.2) is 23.2 Å². The van der Waals surface area contributed by atoms with Gasteiger partial charge in [0.05, 0.1) is 24.7 Å². The number of nitrogens with one attached hydrogen (secondary N) is 1. The van der Waals surface area contributed by atoms with Crippen LogP contribution >= 0.6 is 0 Å². The molecule has 0 saturated carbocycles. The first-order chi connectivity index (χ1) is 14.8. The van der Waals surface area contributed by atoms with Gasteiger partial charge in [0.25, 0.3) is 0 Å². The monoisotopic (exact) mass is 438 g/mol. The average Bonchev–Trinajstić information content (AvgIpc) is 3.29. The number of hydrazone groups is 1. The van der Waals surface area contributed by atoms with Crippen molar-refractivity contribution in [3.05, 3.63) is 48.0 Å². The van der Waals surface area contributed by atoms with Crippen molar-refractivity contribution in [2.24, 2.45) is 5.10 Å². The second-order valence-electron chi connectivity index (χ2n) is 6.76. The highest BCUT2D eigenvalue weighted by Gasteiger charge is 2.44. The molecule has 0 amide bonds. The predicted molar refractivity (Wildman–Crippen MR) is 101 cm³/mol. The van der Waals surface area contributed by atoms with Crippen molar-refractivity contribution in [2.45, 2.75) is 30.7 Å². The topological polar surface area (TPSA) is 138 Å². The largest absolute Gasteiger partial charge is 0.416 e. The number of nitrogens with zero attached hydrogens (tertiary/aromatic N) is 5. The summed E-state index contributed by atoms with van der Waals surface area (Å²) in [5.41, 5.74) is 2.88. The molecule has 1 aliphatic rings. The van der Waals surface area contributed by atoms with E-state index in [9.17, 15) is 28.5 Å². The fraction of sp³-hybridized carbons (Fsp3) is 0.333. The third kappa shape index (κ3) is 4.07. The van der Waals surface area contributed by atoms with Crippen molar-refractivity contribution in [1.82, 2.24) is 19.5 Å². The molecule has 3 heterocycles. The van der Waals surface area contributed by atoms with Crippen LogP contribution in [0.15, 0.2) is 42.0 Å². The van der Waals surface area contributed by atoms with E-state index in [1.54, 1.807) is 0 Å². The van der Waals surface area contributed by atoms with Gasteiger partial charge in [0.1, 0.15) is 24.6 Å². The Bertz CT molecular complexity index is 1090. The number of aromatic nitrogens is 4. The average molecular weight is 438 g/mol. The molecule has 1 fully saturated rings. The van der Waals surface area contributed by atoms with Crippen LogP contribution < -0.4 is 5.43 Å². The minimum atomic E-state index is -4.41. The number of anilines is 1. The first-order valence-electron chi connectivity index (χ1n) is 9.06. The van der Waals surface area contributed by atoms with Gasteiger partial charge in [-0.25, -0.2) is 15.0 Å². The van der Waals surface area contributed by atoms with E-state index in [2.05, 4.69) is 25.5 Å². The Morgan fingerprint density at radius 1 is 1.13 bits per heavy atom. The number of ether oxygens (including phenoxy) is 1. The van der Waals surface area contributed by atoms with E-state index in [0.717, 1.165) is 12.1 Å². The Balaban J connectivity index is 1.53. The number of hydrogen-bond acceptors (Lipinski definition) is 9. The Morgan fingerprint density at radius 3 is 2.52 bits per heavy atom. The minimum absolute atomic E-state index is 0.207. The number of imidazole rings is 1. The smallest absolute Gasteiger partial charge is 0.394 e. The van der Waals surface area contributed by atoms with E-state index in [1.807, 2.05) is 0 Å². The summed E-state index contributed by atoms with van der Waals surface area (Å²) >= 11 is 0. The van der Waals surface area contributed by atoms with E-state index in [0.29, 0.717) is 5.56 Å². The lowest BCUT2D eigenvalue weighted by atomic mass is 10.1. The molecular weight excluding hydrogens is 421 g/mol. The molecule has 4 N–H and O–H groups in total. The SMILES string of the molecule is OCC1OC(n2cnc3c(N/N=C/c4ccc(C(F)(F)F)cc4)ncnc32)C(O)C1O. The van der Waals surface area contributed by atoms with Crippen molar-refractivity contribution in [2.75, 3.05) is 12.0 Å². The second kappa shape index (κ2) is 8.19. The maximum absolute atomic E-state index is 12.6. The lowest BCUT2D eigenvalue weighted by Crippen LogP contribution is -2.33. The number of halogens is 3.